The fourth-order valence-electron chi connectivity index (χ4n) is 6.79. The largest absolute Gasteiger partial charge is 0.444 e. The van der Waals surface area contributed by atoms with Crippen LogP contribution in [-0.2, 0) is 44.8 Å². The highest BCUT2D eigenvalue weighted by Gasteiger charge is 2.38. The number of rotatable bonds is 20. The molecule has 0 fully saturated rings. The number of fused-ring (bicyclic) bond motifs is 1. The van der Waals surface area contributed by atoms with Gasteiger partial charge in [0, 0.05) is 46.7 Å². The first-order valence-corrected chi connectivity index (χ1v) is 18.5. The van der Waals surface area contributed by atoms with Crippen LogP contribution in [0.1, 0.15) is 73.9 Å². The minimum absolute atomic E-state index is 0.0363. The van der Waals surface area contributed by atoms with E-state index in [2.05, 4.69) is 34.5 Å². The monoisotopic (exact) mass is 717 g/mol. The van der Waals surface area contributed by atoms with Crippen molar-refractivity contribution in [2.45, 2.75) is 95.7 Å². The molecule has 0 heterocycles. The third kappa shape index (κ3) is 13.0. The van der Waals surface area contributed by atoms with Gasteiger partial charge in [0.2, 0.25) is 5.91 Å². The maximum Gasteiger partial charge on any atom is 0.407 e. The van der Waals surface area contributed by atoms with Gasteiger partial charge < -0.3 is 34.6 Å². The van der Waals surface area contributed by atoms with Crippen LogP contribution in [-0.4, -0.2) is 103 Å². The summed E-state index contributed by atoms with van der Waals surface area (Å²) in [6, 6.07) is 24.7. The van der Waals surface area contributed by atoms with Crippen LogP contribution in [0.2, 0.25) is 0 Å². The lowest BCUT2D eigenvalue weighted by Gasteiger charge is -2.33. The molecule has 0 bridgehead atoms. The second-order valence-electron chi connectivity index (χ2n) is 14.7. The van der Waals surface area contributed by atoms with Crippen LogP contribution in [0.3, 0.4) is 0 Å². The maximum atomic E-state index is 14.2. The molecule has 3 aromatic rings. The van der Waals surface area contributed by atoms with Crippen LogP contribution in [0.15, 0.2) is 78.9 Å². The Morgan fingerprint density at radius 2 is 1.50 bits per heavy atom. The van der Waals surface area contributed by atoms with Gasteiger partial charge >= 0.3 is 6.09 Å². The molecule has 0 spiro atoms. The molecule has 284 valence electrons. The van der Waals surface area contributed by atoms with Gasteiger partial charge in [-0.3, -0.25) is 9.69 Å². The number of amides is 2. The predicted octanol–water partition coefficient (Wildman–Crippen LogP) is 5.48. The molecule has 2 amide bonds. The molecule has 0 unspecified atom stereocenters. The van der Waals surface area contributed by atoms with E-state index < -0.39 is 36.0 Å². The summed E-state index contributed by atoms with van der Waals surface area (Å²) in [5.74, 6) is -0.174. The first-order valence-electron chi connectivity index (χ1n) is 18.5. The quantitative estimate of drug-likeness (QED) is 0.141. The van der Waals surface area contributed by atoms with E-state index in [-0.39, 0.29) is 18.7 Å². The molecular weight excluding hydrogens is 658 g/mol. The van der Waals surface area contributed by atoms with E-state index in [1.165, 1.54) is 5.56 Å². The molecule has 52 heavy (non-hydrogen) atoms. The predicted molar refractivity (Wildman–Crippen MR) is 203 cm³/mol. The molecule has 1 aliphatic rings. The molecule has 10 nitrogen and oxygen atoms in total. The van der Waals surface area contributed by atoms with Gasteiger partial charge in [0.05, 0.1) is 37.5 Å². The van der Waals surface area contributed by atoms with Crippen LogP contribution < -0.4 is 5.32 Å². The Kier molecular flexibility index (Phi) is 16.1. The molecule has 3 N–H and O–H groups in total. The van der Waals surface area contributed by atoms with E-state index >= 15 is 0 Å². The first kappa shape index (κ1) is 41.0. The fourth-order valence-corrected chi connectivity index (χ4v) is 6.79. The SMILES string of the molecule is COCCN(CCCc1ccc(CN(C(=O)CC[C@H](O)[C@H](Cc2ccccc2)NC(=O)OC(C)(C)C)[C@H]2c3ccccc3C[C@H]2O)cc1)CCOC. The smallest absolute Gasteiger partial charge is 0.407 e. The Bertz CT molecular complexity index is 1500. The highest BCUT2D eigenvalue weighted by Crippen LogP contribution is 2.37. The van der Waals surface area contributed by atoms with Gasteiger partial charge in [0.15, 0.2) is 0 Å². The van der Waals surface area contributed by atoms with Crippen molar-refractivity contribution < 1.29 is 34.0 Å². The van der Waals surface area contributed by atoms with E-state index in [1.54, 1.807) is 39.9 Å². The summed E-state index contributed by atoms with van der Waals surface area (Å²) >= 11 is 0. The average Bonchev–Trinajstić information content (AvgIpc) is 3.45. The van der Waals surface area contributed by atoms with E-state index in [4.69, 9.17) is 14.2 Å². The highest BCUT2D eigenvalue weighted by atomic mass is 16.6. The van der Waals surface area contributed by atoms with E-state index in [1.807, 2.05) is 54.6 Å². The van der Waals surface area contributed by atoms with E-state index in [0.29, 0.717) is 32.6 Å². The van der Waals surface area contributed by atoms with E-state index in [9.17, 15) is 19.8 Å². The van der Waals surface area contributed by atoms with Gasteiger partial charge in [-0.1, -0.05) is 78.9 Å². The van der Waals surface area contributed by atoms with Crippen molar-refractivity contribution in [3.8, 4) is 0 Å². The molecule has 0 saturated carbocycles. The zero-order valence-electron chi connectivity index (χ0n) is 31.6. The molecule has 0 radical (unpaired) electrons. The van der Waals surface area contributed by atoms with Crippen molar-refractivity contribution >= 4 is 12.0 Å². The molecule has 0 saturated heterocycles. The number of nitrogens with one attached hydrogen (secondary N) is 1. The summed E-state index contributed by atoms with van der Waals surface area (Å²) in [6.45, 7) is 9.72. The molecule has 0 aliphatic heterocycles. The van der Waals surface area contributed by atoms with Gasteiger partial charge in [0.25, 0.3) is 0 Å². The van der Waals surface area contributed by atoms with Crippen LogP contribution in [0, 0.1) is 0 Å². The first-order chi connectivity index (χ1) is 25.0. The normalized spacial score (nSPS) is 16.7. The fraction of sp³-hybridized carbons (Fsp3) is 0.524. The number of ether oxygens (including phenoxy) is 3. The average molecular weight is 718 g/mol. The zero-order valence-corrected chi connectivity index (χ0v) is 31.6. The number of benzene rings is 3. The Balaban J connectivity index is 1.46. The topological polar surface area (TPSA) is 121 Å². The number of hydrogen-bond acceptors (Lipinski definition) is 8. The number of alkyl carbamates (subject to hydrolysis) is 1. The number of hydrogen-bond donors (Lipinski definition) is 3. The Morgan fingerprint density at radius 3 is 2.15 bits per heavy atom. The highest BCUT2D eigenvalue weighted by molar-refractivity contribution is 5.77. The van der Waals surface area contributed by atoms with Gasteiger partial charge in [-0.05, 0) is 80.8 Å². The number of aliphatic hydroxyl groups excluding tert-OH is 2. The van der Waals surface area contributed by atoms with Gasteiger partial charge in [0.1, 0.15) is 5.60 Å². The van der Waals surface area contributed by atoms with Crippen molar-refractivity contribution in [2.75, 3.05) is 47.1 Å². The second-order valence-corrected chi connectivity index (χ2v) is 14.7. The number of methoxy groups -OCH3 is 2. The molecule has 4 rings (SSSR count). The lowest BCUT2D eigenvalue weighted by molar-refractivity contribution is -0.137. The summed E-state index contributed by atoms with van der Waals surface area (Å²) in [4.78, 5) is 31.1. The minimum atomic E-state index is -1.02. The molecule has 0 aromatic heterocycles. The third-order valence-corrected chi connectivity index (χ3v) is 9.48. The van der Waals surface area contributed by atoms with Crippen LogP contribution >= 0.6 is 0 Å². The number of aryl methyl sites for hydroxylation is 1. The van der Waals surface area contributed by atoms with Crippen LogP contribution in [0.25, 0.3) is 0 Å². The second kappa shape index (κ2) is 20.4. The molecule has 3 aromatic carbocycles. The molecule has 1 aliphatic carbocycles. The van der Waals surface area contributed by atoms with Crippen molar-refractivity contribution in [1.82, 2.24) is 15.1 Å². The van der Waals surface area contributed by atoms with Crippen LogP contribution in [0.5, 0.6) is 0 Å². The van der Waals surface area contributed by atoms with Crippen LogP contribution in [0.4, 0.5) is 4.79 Å². The standard InChI is InChI=1S/C42H59N3O7/c1-42(2,3)52-41(49)43-36(28-32-12-7-6-8-13-32)37(46)21-22-39(48)45(40-35-16-10-9-15-34(35)29-38(40)47)30-33-19-17-31(18-20-33)14-11-23-44(24-26-50-4)25-27-51-5/h6-10,12-13,15-20,36-38,40,46-47H,11,14,21-30H2,1-5H3,(H,43,49)/t36-,37-,38+,40-/m0/s1. The Labute approximate surface area is 310 Å². The van der Waals surface area contributed by atoms with Crippen molar-refractivity contribution in [3.05, 3.63) is 107 Å². The summed E-state index contributed by atoms with van der Waals surface area (Å²) in [5.41, 5.74) is 4.40. The van der Waals surface area contributed by atoms with Crippen molar-refractivity contribution in [1.29, 1.82) is 0 Å². The minimum Gasteiger partial charge on any atom is -0.444 e. The zero-order chi connectivity index (χ0) is 37.5. The summed E-state index contributed by atoms with van der Waals surface area (Å²) in [5, 5.41) is 25.6. The van der Waals surface area contributed by atoms with Gasteiger partial charge in [-0.15, -0.1) is 0 Å². The molecule has 10 heteroatoms. The summed E-state index contributed by atoms with van der Waals surface area (Å²) in [6.07, 6.45) is 0.542. The maximum absolute atomic E-state index is 14.2. The number of carbonyl (C=O) groups excluding carboxylic acids is 2. The lowest BCUT2D eigenvalue weighted by Crippen LogP contribution is -2.47. The lowest BCUT2D eigenvalue weighted by atomic mass is 9.97. The molecule has 4 atom stereocenters. The summed E-state index contributed by atoms with van der Waals surface area (Å²) in [7, 11) is 3.44. The summed E-state index contributed by atoms with van der Waals surface area (Å²) < 4.78 is 16.0. The number of carbonyl (C=O) groups is 2. The van der Waals surface area contributed by atoms with Crippen molar-refractivity contribution in [3.63, 3.8) is 0 Å². The number of aliphatic hydroxyl groups is 2. The van der Waals surface area contributed by atoms with Gasteiger partial charge in [-0.25, -0.2) is 4.79 Å². The van der Waals surface area contributed by atoms with Crippen molar-refractivity contribution in [2.24, 2.45) is 0 Å². The van der Waals surface area contributed by atoms with Gasteiger partial charge in [-0.2, -0.15) is 0 Å². The molecular formula is C42H59N3O7. The Hall–Kier alpha value is -3.80. The number of nitrogens with zero attached hydrogens (tertiary/aromatic N) is 2. The third-order valence-electron chi connectivity index (χ3n) is 9.48. The van der Waals surface area contributed by atoms with E-state index in [0.717, 1.165) is 54.7 Å². The Morgan fingerprint density at radius 1 is 0.865 bits per heavy atom.